The quantitative estimate of drug-likeness (QED) is 0.193. The van der Waals surface area contributed by atoms with Gasteiger partial charge in [0.2, 0.25) is 0 Å². The third-order valence-electron chi connectivity index (χ3n) is 5.70. The molecule has 4 nitrogen and oxygen atoms in total. The van der Waals surface area contributed by atoms with Crippen molar-refractivity contribution in [2.24, 2.45) is 0 Å². The van der Waals surface area contributed by atoms with Gasteiger partial charge in [0.15, 0.2) is 5.78 Å². The first kappa shape index (κ1) is 20.7. The second kappa shape index (κ2) is 8.04. The molecule has 0 spiro atoms. The van der Waals surface area contributed by atoms with Crippen LogP contribution in [0.5, 0.6) is 0 Å². The lowest BCUT2D eigenvalue weighted by atomic mass is 10.2. The van der Waals surface area contributed by atoms with Gasteiger partial charge in [-0.1, -0.05) is 23.4 Å². The third-order valence-corrected chi connectivity index (χ3v) is 8.18. The normalized spacial score (nSPS) is 13.2. The molecule has 5 rings (SSSR count). The van der Waals surface area contributed by atoms with Crippen molar-refractivity contribution in [1.82, 2.24) is 14.5 Å². The summed E-state index contributed by atoms with van der Waals surface area (Å²) in [5, 5.41) is 2.07. The van der Waals surface area contributed by atoms with Gasteiger partial charge in [-0.2, -0.15) is 0 Å². The van der Waals surface area contributed by atoms with Gasteiger partial charge in [-0.25, -0.2) is 14.4 Å². The molecule has 1 aliphatic carbocycles. The highest BCUT2D eigenvalue weighted by Gasteiger charge is 2.23. The molecule has 0 bridgehead atoms. The van der Waals surface area contributed by atoms with Crippen LogP contribution in [0, 0.1) is 19.7 Å². The van der Waals surface area contributed by atoms with E-state index in [0.717, 1.165) is 45.2 Å². The van der Waals surface area contributed by atoms with Crippen LogP contribution in [0.3, 0.4) is 0 Å². The lowest BCUT2D eigenvalue weighted by Gasteiger charge is -2.10. The van der Waals surface area contributed by atoms with Crippen molar-refractivity contribution in [2.75, 3.05) is 5.75 Å². The monoisotopic (exact) mass is 471 g/mol. The van der Waals surface area contributed by atoms with Crippen LogP contribution >= 0.6 is 34.7 Å². The molecule has 0 radical (unpaired) electrons. The molecule has 3 aromatic heterocycles. The minimum Gasteiger partial charge on any atom is -0.318 e. The van der Waals surface area contributed by atoms with Crippen LogP contribution in [0.25, 0.3) is 15.9 Å². The fraction of sp³-hybridized carbons (Fsp3) is 0.261. The molecule has 3 heterocycles. The summed E-state index contributed by atoms with van der Waals surface area (Å²) in [7, 11) is 0. The Morgan fingerprint density at radius 3 is 2.90 bits per heavy atom. The molecule has 0 saturated heterocycles. The van der Waals surface area contributed by atoms with Gasteiger partial charge in [-0.3, -0.25) is 4.79 Å². The van der Waals surface area contributed by atoms with E-state index in [1.165, 1.54) is 34.7 Å². The summed E-state index contributed by atoms with van der Waals surface area (Å²) < 4.78 is 15.5. The molecule has 1 aliphatic rings. The van der Waals surface area contributed by atoms with Gasteiger partial charge < -0.3 is 4.57 Å². The number of aryl methyl sites for hydroxylation is 3. The number of hydrogen-bond acceptors (Lipinski definition) is 5. The Balaban J connectivity index is 1.42. The standard InChI is InChI=1S/C23H19ClFN3OS2/c1-12-8-16(13(2)28(12)14-6-7-18(25)17(24)9-14)19(29)10-30-22-21-15-4-3-5-20(15)31-23(21)27-11-26-22/h6-9,11H,3-5,10H2,1-2H3. The number of hydrogen-bond donors (Lipinski definition) is 0. The zero-order valence-electron chi connectivity index (χ0n) is 17.0. The van der Waals surface area contributed by atoms with E-state index >= 15 is 0 Å². The molecular weight excluding hydrogens is 453 g/mol. The van der Waals surface area contributed by atoms with E-state index in [2.05, 4.69) is 9.97 Å². The Hall–Kier alpha value is -2.22. The summed E-state index contributed by atoms with van der Waals surface area (Å²) in [6.07, 6.45) is 4.93. The Bertz CT molecular complexity index is 1340. The number of thiophene rings is 1. The maximum atomic E-state index is 13.6. The zero-order valence-corrected chi connectivity index (χ0v) is 19.4. The van der Waals surface area contributed by atoms with Crippen molar-refractivity contribution >= 4 is 50.7 Å². The van der Waals surface area contributed by atoms with Crippen LogP contribution in [-0.2, 0) is 12.8 Å². The number of Topliss-reactive ketones (excluding diaryl/α,β-unsaturated/α-hetero) is 1. The maximum Gasteiger partial charge on any atom is 0.174 e. The Morgan fingerprint density at radius 1 is 1.26 bits per heavy atom. The highest BCUT2D eigenvalue weighted by Crippen LogP contribution is 2.40. The number of ketones is 1. The van der Waals surface area contributed by atoms with Crippen molar-refractivity contribution in [2.45, 2.75) is 38.1 Å². The fourth-order valence-corrected chi connectivity index (χ4v) is 6.66. The summed E-state index contributed by atoms with van der Waals surface area (Å²) in [6.45, 7) is 3.83. The van der Waals surface area contributed by atoms with Gasteiger partial charge in [0, 0.05) is 32.9 Å². The number of halogens is 2. The predicted octanol–water partition coefficient (Wildman–Crippen LogP) is 6.36. The Kier molecular flexibility index (Phi) is 5.36. The lowest BCUT2D eigenvalue weighted by Crippen LogP contribution is -2.06. The highest BCUT2D eigenvalue weighted by atomic mass is 35.5. The van der Waals surface area contributed by atoms with E-state index < -0.39 is 5.82 Å². The topological polar surface area (TPSA) is 47.8 Å². The minimum absolute atomic E-state index is 0.0381. The van der Waals surface area contributed by atoms with Crippen LogP contribution < -0.4 is 0 Å². The highest BCUT2D eigenvalue weighted by molar-refractivity contribution is 8.00. The smallest absolute Gasteiger partial charge is 0.174 e. The number of carbonyl (C=O) groups is 1. The average molecular weight is 472 g/mol. The second-order valence-corrected chi connectivity index (χ2v) is 10.1. The molecule has 0 aliphatic heterocycles. The molecular formula is C23H19ClFN3OS2. The molecule has 31 heavy (non-hydrogen) atoms. The Labute approximate surface area is 192 Å². The van der Waals surface area contributed by atoms with E-state index in [4.69, 9.17) is 11.6 Å². The van der Waals surface area contributed by atoms with E-state index in [1.807, 2.05) is 24.5 Å². The minimum atomic E-state index is -0.461. The van der Waals surface area contributed by atoms with Gasteiger partial charge in [0.25, 0.3) is 0 Å². The van der Waals surface area contributed by atoms with E-state index in [-0.39, 0.29) is 10.8 Å². The number of aromatic nitrogens is 3. The lowest BCUT2D eigenvalue weighted by molar-refractivity contribution is 0.102. The summed E-state index contributed by atoms with van der Waals surface area (Å²) in [5.74, 6) is -0.126. The largest absolute Gasteiger partial charge is 0.318 e. The number of benzene rings is 1. The van der Waals surface area contributed by atoms with Crippen LogP contribution in [0.2, 0.25) is 5.02 Å². The molecule has 4 aromatic rings. The number of rotatable bonds is 5. The number of thioether (sulfide) groups is 1. The molecule has 0 saturated carbocycles. The molecule has 158 valence electrons. The van der Waals surface area contributed by atoms with Crippen molar-refractivity contribution in [3.63, 3.8) is 0 Å². The first-order valence-electron chi connectivity index (χ1n) is 9.99. The van der Waals surface area contributed by atoms with Gasteiger partial charge in [0.05, 0.1) is 10.8 Å². The van der Waals surface area contributed by atoms with Crippen molar-refractivity contribution in [3.05, 3.63) is 68.8 Å². The van der Waals surface area contributed by atoms with E-state index in [1.54, 1.807) is 29.8 Å². The molecule has 0 fully saturated rings. The number of nitrogens with zero attached hydrogens (tertiary/aromatic N) is 3. The number of fused-ring (bicyclic) bond motifs is 3. The predicted molar refractivity (Wildman–Crippen MR) is 125 cm³/mol. The van der Waals surface area contributed by atoms with Crippen molar-refractivity contribution in [1.29, 1.82) is 0 Å². The summed E-state index contributed by atoms with van der Waals surface area (Å²) in [5.41, 5.74) is 4.47. The van der Waals surface area contributed by atoms with Gasteiger partial charge in [-0.15, -0.1) is 11.3 Å². The average Bonchev–Trinajstić information content (AvgIpc) is 3.41. The van der Waals surface area contributed by atoms with Crippen LogP contribution in [0.4, 0.5) is 4.39 Å². The zero-order chi connectivity index (χ0) is 21.7. The molecule has 0 atom stereocenters. The SMILES string of the molecule is Cc1cc(C(=O)CSc2ncnc3sc4c(c23)CCC4)c(C)n1-c1ccc(F)c(Cl)c1. The summed E-state index contributed by atoms with van der Waals surface area (Å²) in [6, 6.07) is 6.47. The fourth-order valence-electron chi connectivity index (χ4n) is 4.29. The molecule has 0 N–H and O–H groups in total. The second-order valence-electron chi connectivity index (χ2n) is 7.65. The van der Waals surface area contributed by atoms with Gasteiger partial charge in [-0.05, 0) is 62.9 Å². The van der Waals surface area contributed by atoms with Crippen molar-refractivity contribution < 1.29 is 9.18 Å². The van der Waals surface area contributed by atoms with E-state index in [0.29, 0.717) is 11.3 Å². The van der Waals surface area contributed by atoms with Crippen LogP contribution in [-0.4, -0.2) is 26.1 Å². The van der Waals surface area contributed by atoms with Crippen LogP contribution in [0.1, 0.15) is 38.6 Å². The maximum absolute atomic E-state index is 13.6. The first-order valence-corrected chi connectivity index (χ1v) is 12.2. The molecule has 0 unspecified atom stereocenters. The molecule has 0 amide bonds. The Morgan fingerprint density at radius 2 is 2.10 bits per heavy atom. The number of carbonyl (C=O) groups excluding carboxylic acids is 1. The van der Waals surface area contributed by atoms with E-state index in [9.17, 15) is 9.18 Å². The third kappa shape index (κ3) is 3.58. The summed E-state index contributed by atoms with van der Waals surface area (Å²) in [4.78, 5) is 24.4. The first-order chi connectivity index (χ1) is 14.9. The van der Waals surface area contributed by atoms with Gasteiger partial charge in [0.1, 0.15) is 22.0 Å². The van der Waals surface area contributed by atoms with Crippen LogP contribution in [0.15, 0.2) is 35.6 Å². The van der Waals surface area contributed by atoms with Crippen molar-refractivity contribution in [3.8, 4) is 5.69 Å². The molecule has 1 aromatic carbocycles. The molecule has 8 heteroatoms. The van der Waals surface area contributed by atoms with Gasteiger partial charge >= 0.3 is 0 Å². The summed E-state index contributed by atoms with van der Waals surface area (Å²) >= 11 is 9.19.